The van der Waals surface area contributed by atoms with Crippen molar-refractivity contribution in [3.63, 3.8) is 0 Å². The van der Waals surface area contributed by atoms with Gasteiger partial charge in [0, 0.05) is 32.8 Å². The van der Waals surface area contributed by atoms with Crippen molar-refractivity contribution in [2.24, 2.45) is 0 Å². The topological polar surface area (TPSA) is 35.9 Å². The summed E-state index contributed by atoms with van der Waals surface area (Å²) in [5, 5.41) is 9.78. The molecule has 1 fully saturated rings. The summed E-state index contributed by atoms with van der Waals surface area (Å²) in [4.78, 5) is 4.38. The fraction of sp³-hybridized carbons (Fsp3) is 0.833. The van der Waals surface area contributed by atoms with Crippen molar-refractivity contribution in [3.05, 3.63) is 11.6 Å². The monoisotopic (exact) mass is 226 g/mol. The van der Waals surface area contributed by atoms with Gasteiger partial charge in [0.2, 0.25) is 6.41 Å². The lowest BCUT2D eigenvalue weighted by atomic mass is 9.98. The zero-order valence-electron chi connectivity index (χ0n) is 10.2. The minimum atomic E-state index is -0.743. The molecule has 4 nitrogen and oxygen atoms in total. The summed E-state index contributed by atoms with van der Waals surface area (Å²) in [7, 11) is 3.70. The maximum Gasteiger partial charge on any atom is 0.216 e. The summed E-state index contributed by atoms with van der Waals surface area (Å²) in [5.41, 5.74) is 1.48. The van der Waals surface area contributed by atoms with Crippen molar-refractivity contribution >= 4 is 0 Å². The van der Waals surface area contributed by atoms with Crippen LogP contribution in [0.2, 0.25) is 0 Å². The van der Waals surface area contributed by atoms with Crippen molar-refractivity contribution in [3.8, 4) is 0 Å². The number of likely N-dealkylation sites (tertiary alicyclic amines) is 1. The highest BCUT2D eigenvalue weighted by atomic mass is 16.6. The van der Waals surface area contributed by atoms with Gasteiger partial charge in [0.15, 0.2) is 0 Å². The molecular formula is C12H22N2O2. The van der Waals surface area contributed by atoms with Crippen LogP contribution < -0.4 is 0 Å². The molecule has 2 rings (SSSR count). The molecule has 92 valence electrons. The number of ether oxygens (including phenoxy) is 1. The van der Waals surface area contributed by atoms with Gasteiger partial charge in [0.1, 0.15) is 0 Å². The molecule has 2 heterocycles. The van der Waals surface area contributed by atoms with Gasteiger partial charge < -0.3 is 14.7 Å². The Kier molecular flexibility index (Phi) is 3.97. The van der Waals surface area contributed by atoms with E-state index >= 15 is 0 Å². The summed E-state index contributed by atoms with van der Waals surface area (Å²) in [6, 6.07) is 0.392. The Morgan fingerprint density at radius 3 is 2.94 bits per heavy atom. The van der Waals surface area contributed by atoms with Gasteiger partial charge >= 0.3 is 0 Å². The van der Waals surface area contributed by atoms with Crippen LogP contribution in [0.4, 0.5) is 0 Å². The van der Waals surface area contributed by atoms with Crippen LogP contribution in [-0.4, -0.2) is 61.2 Å². The second-order valence-corrected chi connectivity index (χ2v) is 4.75. The molecule has 0 aliphatic carbocycles. The molecule has 0 spiro atoms. The molecule has 2 aliphatic rings. The van der Waals surface area contributed by atoms with E-state index in [0.29, 0.717) is 6.04 Å². The predicted octanol–water partition coefficient (Wildman–Crippen LogP) is 0.635. The van der Waals surface area contributed by atoms with Gasteiger partial charge in [-0.3, -0.25) is 0 Å². The first kappa shape index (κ1) is 12.0. The molecule has 0 saturated carbocycles. The average Bonchev–Trinajstić information content (AvgIpc) is 2.78. The van der Waals surface area contributed by atoms with E-state index in [9.17, 15) is 5.11 Å². The van der Waals surface area contributed by atoms with Crippen LogP contribution in [0.3, 0.4) is 0 Å². The van der Waals surface area contributed by atoms with Crippen molar-refractivity contribution in [1.82, 2.24) is 9.80 Å². The van der Waals surface area contributed by atoms with Crippen molar-refractivity contribution in [2.45, 2.75) is 31.7 Å². The molecule has 0 amide bonds. The summed E-state index contributed by atoms with van der Waals surface area (Å²) in [6.07, 6.45) is 4.99. The second-order valence-electron chi connectivity index (χ2n) is 4.75. The molecule has 1 saturated heterocycles. The number of methoxy groups -OCH3 is 1. The standard InChI is InChI=1S/C12H22N2O2/c1-13-8-5-10(6-9-13)11-4-3-7-14(11)12(15)16-2/h5,11-12,15H,3-4,6-9H2,1-2H3/t11-,12?/m0/s1. The molecule has 1 N–H and O–H groups in total. The number of hydrogen-bond donors (Lipinski definition) is 1. The maximum atomic E-state index is 9.78. The van der Waals surface area contributed by atoms with E-state index in [-0.39, 0.29) is 0 Å². The van der Waals surface area contributed by atoms with Crippen molar-refractivity contribution in [2.75, 3.05) is 33.8 Å². The summed E-state index contributed by atoms with van der Waals surface area (Å²) >= 11 is 0. The fourth-order valence-corrected chi connectivity index (χ4v) is 2.68. The van der Waals surface area contributed by atoms with Gasteiger partial charge in [-0.25, -0.2) is 4.90 Å². The molecule has 0 aromatic rings. The number of likely N-dealkylation sites (N-methyl/N-ethyl adjacent to an activating group) is 1. The van der Waals surface area contributed by atoms with Crippen molar-refractivity contribution < 1.29 is 9.84 Å². The quantitative estimate of drug-likeness (QED) is 0.566. The first-order chi connectivity index (χ1) is 7.72. The van der Waals surface area contributed by atoms with Gasteiger partial charge in [0.05, 0.1) is 0 Å². The smallest absolute Gasteiger partial charge is 0.216 e. The van der Waals surface area contributed by atoms with Crippen LogP contribution in [0.15, 0.2) is 11.6 Å². The summed E-state index contributed by atoms with van der Waals surface area (Å²) in [6.45, 7) is 3.09. The first-order valence-electron chi connectivity index (χ1n) is 6.06. The highest BCUT2D eigenvalue weighted by molar-refractivity contribution is 5.16. The normalized spacial score (nSPS) is 30.4. The molecule has 2 atom stereocenters. The molecule has 0 bridgehead atoms. The summed E-state index contributed by atoms with van der Waals surface area (Å²) in [5.74, 6) is 0. The van der Waals surface area contributed by atoms with Crippen LogP contribution in [-0.2, 0) is 4.74 Å². The van der Waals surface area contributed by atoms with E-state index in [1.165, 1.54) is 5.57 Å². The van der Waals surface area contributed by atoms with E-state index in [4.69, 9.17) is 4.74 Å². The van der Waals surface area contributed by atoms with Crippen LogP contribution in [0.5, 0.6) is 0 Å². The zero-order valence-corrected chi connectivity index (χ0v) is 10.2. The molecule has 0 aromatic heterocycles. The Morgan fingerprint density at radius 2 is 2.31 bits per heavy atom. The zero-order chi connectivity index (χ0) is 11.5. The largest absolute Gasteiger partial charge is 0.356 e. The molecule has 4 heteroatoms. The number of rotatable bonds is 3. The molecule has 0 radical (unpaired) electrons. The number of aliphatic hydroxyl groups excluding tert-OH is 1. The summed E-state index contributed by atoms with van der Waals surface area (Å²) < 4.78 is 5.02. The molecule has 0 aromatic carbocycles. The first-order valence-corrected chi connectivity index (χ1v) is 6.06. The van der Waals surface area contributed by atoms with Gasteiger partial charge in [-0.05, 0) is 26.3 Å². The van der Waals surface area contributed by atoms with Gasteiger partial charge in [-0.15, -0.1) is 0 Å². The lowest BCUT2D eigenvalue weighted by Gasteiger charge is -2.32. The van der Waals surface area contributed by atoms with E-state index in [2.05, 4.69) is 22.9 Å². The minimum Gasteiger partial charge on any atom is -0.356 e. The Labute approximate surface area is 97.5 Å². The molecular weight excluding hydrogens is 204 g/mol. The Balaban J connectivity index is 2.02. The van der Waals surface area contributed by atoms with Gasteiger partial charge in [0.25, 0.3) is 0 Å². The third-order valence-electron chi connectivity index (χ3n) is 3.66. The molecule has 16 heavy (non-hydrogen) atoms. The lowest BCUT2D eigenvalue weighted by Crippen LogP contribution is -2.42. The van der Waals surface area contributed by atoms with E-state index in [1.807, 2.05) is 0 Å². The van der Waals surface area contributed by atoms with Crippen LogP contribution in [0, 0.1) is 0 Å². The number of nitrogens with zero attached hydrogens (tertiary/aromatic N) is 2. The highest BCUT2D eigenvalue weighted by Crippen LogP contribution is 2.28. The second kappa shape index (κ2) is 5.27. The highest BCUT2D eigenvalue weighted by Gasteiger charge is 2.32. The van der Waals surface area contributed by atoms with Gasteiger partial charge in [-0.2, -0.15) is 0 Å². The van der Waals surface area contributed by atoms with E-state index < -0.39 is 6.41 Å². The Bertz CT molecular complexity index is 268. The maximum absolute atomic E-state index is 9.78. The Hall–Kier alpha value is -0.420. The SMILES string of the molecule is COC(O)N1CCC[C@H]1C1=CCN(C)CC1. The van der Waals surface area contributed by atoms with Crippen LogP contribution >= 0.6 is 0 Å². The lowest BCUT2D eigenvalue weighted by molar-refractivity contribution is -0.177. The third kappa shape index (κ3) is 2.46. The van der Waals surface area contributed by atoms with E-state index in [0.717, 1.165) is 38.9 Å². The third-order valence-corrected chi connectivity index (χ3v) is 3.66. The van der Waals surface area contributed by atoms with Crippen LogP contribution in [0.25, 0.3) is 0 Å². The number of hydrogen-bond acceptors (Lipinski definition) is 4. The van der Waals surface area contributed by atoms with Gasteiger partial charge in [-0.1, -0.05) is 11.6 Å². The molecule has 2 aliphatic heterocycles. The predicted molar refractivity (Wildman–Crippen MR) is 62.9 cm³/mol. The number of aliphatic hydroxyl groups is 1. The average molecular weight is 226 g/mol. The molecule has 1 unspecified atom stereocenters. The van der Waals surface area contributed by atoms with Crippen molar-refractivity contribution in [1.29, 1.82) is 0 Å². The van der Waals surface area contributed by atoms with Crippen LogP contribution in [0.1, 0.15) is 19.3 Å². The Morgan fingerprint density at radius 1 is 1.50 bits per heavy atom. The minimum absolute atomic E-state index is 0.392. The van der Waals surface area contributed by atoms with E-state index in [1.54, 1.807) is 7.11 Å². The fourth-order valence-electron chi connectivity index (χ4n) is 2.68.